The van der Waals surface area contributed by atoms with E-state index >= 15 is 0 Å². The molecule has 0 bridgehead atoms. The van der Waals surface area contributed by atoms with Crippen LogP contribution in [0.3, 0.4) is 0 Å². The summed E-state index contributed by atoms with van der Waals surface area (Å²) in [5.41, 5.74) is 3.47. The van der Waals surface area contributed by atoms with E-state index in [4.69, 9.17) is 21.8 Å². The maximum absolute atomic E-state index is 9.70. The molecule has 0 aliphatic heterocycles. The van der Waals surface area contributed by atoms with Crippen molar-refractivity contribution < 1.29 is 5.11 Å². The van der Waals surface area contributed by atoms with Crippen molar-refractivity contribution in [1.82, 2.24) is 15.3 Å². The van der Waals surface area contributed by atoms with Crippen LogP contribution in [0.4, 0.5) is 0 Å². The molecule has 29 heavy (non-hydrogen) atoms. The highest BCUT2D eigenvalue weighted by Gasteiger charge is 2.31. The van der Waals surface area contributed by atoms with Crippen LogP contribution < -0.4 is 5.32 Å². The summed E-state index contributed by atoms with van der Waals surface area (Å²) in [5.74, 6) is 0.681. The van der Waals surface area contributed by atoms with Gasteiger partial charge in [0.1, 0.15) is 6.07 Å². The van der Waals surface area contributed by atoms with Gasteiger partial charge in [-0.2, -0.15) is 5.26 Å². The second-order valence-corrected chi connectivity index (χ2v) is 8.33. The van der Waals surface area contributed by atoms with Crippen molar-refractivity contribution in [1.29, 1.82) is 5.26 Å². The number of aliphatic hydroxyl groups excluding tert-OH is 1. The molecule has 6 heteroatoms. The molecule has 3 rings (SSSR count). The van der Waals surface area contributed by atoms with Crippen molar-refractivity contribution in [3.8, 4) is 6.07 Å². The van der Waals surface area contributed by atoms with E-state index in [1.807, 2.05) is 12.3 Å². The molecule has 2 heterocycles. The smallest absolute Gasteiger partial charge is 0.159 e. The standard InChI is InChI=1S/C23H29ClN4O/c1-2-23(9-11-29,22-7-6-19(16-28-22)18-4-3-5-18)8-10-26-14-17-12-20(24)21(13-25)27-15-17/h6-7,12,15-16,18,26,29H,2-5,8-11,14H2,1H3/t23-/m1/s1. The molecule has 0 aromatic carbocycles. The molecule has 1 aliphatic rings. The van der Waals surface area contributed by atoms with E-state index in [2.05, 4.69) is 29.4 Å². The summed E-state index contributed by atoms with van der Waals surface area (Å²) in [6.45, 7) is 3.74. The van der Waals surface area contributed by atoms with Crippen LogP contribution in [-0.2, 0) is 12.0 Å². The molecule has 0 unspecified atom stereocenters. The lowest BCUT2D eigenvalue weighted by Gasteiger charge is -2.33. The summed E-state index contributed by atoms with van der Waals surface area (Å²) in [6.07, 6.45) is 10.1. The van der Waals surface area contributed by atoms with Crippen molar-refractivity contribution in [2.45, 2.75) is 63.3 Å². The average molecular weight is 413 g/mol. The summed E-state index contributed by atoms with van der Waals surface area (Å²) in [4.78, 5) is 8.89. The summed E-state index contributed by atoms with van der Waals surface area (Å²) in [6, 6.07) is 8.14. The van der Waals surface area contributed by atoms with Gasteiger partial charge in [-0.05, 0) is 67.8 Å². The second kappa shape index (κ2) is 10.2. The van der Waals surface area contributed by atoms with Gasteiger partial charge in [0.15, 0.2) is 5.69 Å². The zero-order valence-electron chi connectivity index (χ0n) is 17.0. The largest absolute Gasteiger partial charge is 0.396 e. The Labute approximate surface area is 178 Å². The summed E-state index contributed by atoms with van der Waals surface area (Å²) >= 11 is 6.06. The third-order valence-electron chi connectivity index (χ3n) is 6.29. The van der Waals surface area contributed by atoms with Crippen LogP contribution in [0.2, 0.25) is 5.02 Å². The second-order valence-electron chi connectivity index (χ2n) is 7.92. The fourth-order valence-corrected chi connectivity index (χ4v) is 4.28. The van der Waals surface area contributed by atoms with E-state index in [9.17, 15) is 5.11 Å². The molecule has 2 aromatic rings. The van der Waals surface area contributed by atoms with E-state index < -0.39 is 0 Å². The lowest BCUT2D eigenvalue weighted by atomic mass is 9.74. The van der Waals surface area contributed by atoms with Gasteiger partial charge in [-0.15, -0.1) is 0 Å². The molecule has 0 saturated heterocycles. The van der Waals surface area contributed by atoms with E-state index in [0.717, 1.165) is 30.6 Å². The van der Waals surface area contributed by atoms with Gasteiger partial charge in [-0.3, -0.25) is 4.98 Å². The Hall–Kier alpha value is -2.00. The summed E-state index contributed by atoms with van der Waals surface area (Å²) in [7, 11) is 0. The molecule has 1 fully saturated rings. The van der Waals surface area contributed by atoms with Crippen molar-refractivity contribution >= 4 is 11.6 Å². The number of hydrogen-bond acceptors (Lipinski definition) is 5. The van der Waals surface area contributed by atoms with Gasteiger partial charge in [-0.1, -0.05) is 31.0 Å². The molecule has 2 aromatic heterocycles. The number of halogens is 1. The SMILES string of the molecule is CC[C@](CCO)(CCNCc1cnc(C#N)c(Cl)c1)c1ccc(C2CCC2)cn1. The third kappa shape index (κ3) is 5.14. The number of aromatic nitrogens is 2. The number of hydrogen-bond donors (Lipinski definition) is 2. The van der Waals surface area contributed by atoms with E-state index in [1.54, 1.807) is 12.3 Å². The first kappa shape index (κ1) is 21.7. The lowest BCUT2D eigenvalue weighted by Crippen LogP contribution is -2.32. The Kier molecular flexibility index (Phi) is 7.60. The Morgan fingerprint density at radius 1 is 1.28 bits per heavy atom. The minimum Gasteiger partial charge on any atom is -0.396 e. The first-order chi connectivity index (χ1) is 14.1. The molecule has 0 amide bonds. The summed E-state index contributed by atoms with van der Waals surface area (Å²) < 4.78 is 0. The van der Waals surface area contributed by atoms with Crippen LogP contribution in [0.1, 0.15) is 73.9 Å². The predicted molar refractivity (Wildman–Crippen MR) is 115 cm³/mol. The number of pyridine rings is 2. The highest BCUT2D eigenvalue weighted by molar-refractivity contribution is 6.31. The van der Waals surface area contributed by atoms with Crippen LogP contribution in [0.25, 0.3) is 0 Å². The molecule has 2 N–H and O–H groups in total. The van der Waals surface area contributed by atoms with Gasteiger partial charge in [0.2, 0.25) is 0 Å². The molecule has 1 aliphatic carbocycles. The van der Waals surface area contributed by atoms with Gasteiger partial charge in [0.05, 0.1) is 5.02 Å². The van der Waals surface area contributed by atoms with Crippen molar-refractivity contribution in [2.24, 2.45) is 0 Å². The number of nitrogens with one attached hydrogen (secondary N) is 1. The van der Waals surface area contributed by atoms with Gasteiger partial charge >= 0.3 is 0 Å². The number of aliphatic hydroxyl groups is 1. The maximum Gasteiger partial charge on any atom is 0.159 e. The molecule has 1 saturated carbocycles. The number of nitrogens with zero attached hydrogens (tertiary/aromatic N) is 3. The molecule has 0 spiro atoms. The predicted octanol–water partition coefficient (Wildman–Crippen LogP) is 4.48. The topological polar surface area (TPSA) is 81.8 Å². The van der Waals surface area contributed by atoms with Crippen LogP contribution in [0.15, 0.2) is 30.6 Å². The Morgan fingerprint density at radius 2 is 2.10 bits per heavy atom. The molecular weight excluding hydrogens is 384 g/mol. The quantitative estimate of drug-likeness (QED) is 0.562. The molecular formula is C23H29ClN4O. The minimum atomic E-state index is -0.138. The van der Waals surface area contributed by atoms with E-state index in [0.29, 0.717) is 23.9 Å². The first-order valence-electron chi connectivity index (χ1n) is 10.4. The molecule has 5 nitrogen and oxygen atoms in total. The summed E-state index contributed by atoms with van der Waals surface area (Å²) in [5, 5.41) is 22.4. The monoisotopic (exact) mass is 412 g/mol. The van der Waals surface area contributed by atoms with Crippen molar-refractivity contribution in [2.75, 3.05) is 13.2 Å². The van der Waals surface area contributed by atoms with Crippen LogP contribution in [-0.4, -0.2) is 28.2 Å². The zero-order valence-corrected chi connectivity index (χ0v) is 17.8. The zero-order chi connectivity index (χ0) is 20.7. The first-order valence-corrected chi connectivity index (χ1v) is 10.8. The third-order valence-corrected chi connectivity index (χ3v) is 6.57. The fourth-order valence-electron chi connectivity index (χ4n) is 4.05. The van der Waals surface area contributed by atoms with Gasteiger partial charge in [0, 0.05) is 36.7 Å². The van der Waals surface area contributed by atoms with Crippen LogP contribution in [0.5, 0.6) is 0 Å². The highest BCUT2D eigenvalue weighted by atomic mass is 35.5. The molecule has 0 radical (unpaired) electrons. The van der Waals surface area contributed by atoms with Crippen LogP contribution >= 0.6 is 11.6 Å². The Bertz CT molecular complexity index is 845. The minimum absolute atomic E-state index is 0.138. The van der Waals surface area contributed by atoms with Crippen molar-refractivity contribution in [3.63, 3.8) is 0 Å². The normalized spacial score (nSPS) is 16.1. The highest BCUT2D eigenvalue weighted by Crippen LogP contribution is 2.38. The Balaban J connectivity index is 1.62. The van der Waals surface area contributed by atoms with Crippen LogP contribution in [0, 0.1) is 11.3 Å². The van der Waals surface area contributed by atoms with Gasteiger partial charge in [0.25, 0.3) is 0 Å². The van der Waals surface area contributed by atoms with E-state index in [-0.39, 0.29) is 17.7 Å². The lowest BCUT2D eigenvalue weighted by molar-refractivity contribution is 0.219. The number of rotatable bonds is 10. The molecule has 154 valence electrons. The van der Waals surface area contributed by atoms with Gasteiger partial charge in [-0.25, -0.2) is 4.98 Å². The molecule has 1 atom stereocenters. The van der Waals surface area contributed by atoms with Crippen molar-refractivity contribution in [3.05, 3.63) is 58.1 Å². The maximum atomic E-state index is 9.70. The average Bonchev–Trinajstić information content (AvgIpc) is 2.70. The number of nitriles is 1. The fraction of sp³-hybridized carbons (Fsp3) is 0.522. The Morgan fingerprint density at radius 3 is 2.66 bits per heavy atom. The van der Waals surface area contributed by atoms with E-state index in [1.165, 1.54) is 24.8 Å². The van der Waals surface area contributed by atoms with Gasteiger partial charge < -0.3 is 10.4 Å².